The molecule has 0 radical (unpaired) electrons. The van der Waals surface area contributed by atoms with Crippen LogP contribution in [0.5, 0.6) is 0 Å². The number of halogens is 7. The van der Waals surface area contributed by atoms with Gasteiger partial charge in [-0.1, -0.05) is 0 Å². The average molecular weight is 319 g/mol. The molecule has 1 atom stereocenters. The Morgan fingerprint density at radius 3 is 2.24 bits per heavy atom. The lowest BCUT2D eigenvalue weighted by Gasteiger charge is -2.15. The van der Waals surface area contributed by atoms with Crippen LogP contribution in [0.25, 0.3) is 0 Å². The number of hydrogen-bond acceptors (Lipinski definition) is 2. The summed E-state index contributed by atoms with van der Waals surface area (Å²) in [5.74, 6) is -2.92. The van der Waals surface area contributed by atoms with E-state index in [1.165, 1.54) is 0 Å². The fourth-order valence-corrected chi connectivity index (χ4v) is 1.29. The third-order valence-electron chi connectivity index (χ3n) is 2.37. The summed E-state index contributed by atoms with van der Waals surface area (Å²) in [6.45, 7) is -1.24. The maximum atomic E-state index is 13.0. The first-order chi connectivity index (χ1) is 9.43. The van der Waals surface area contributed by atoms with Gasteiger partial charge in [-0.05, 0) is 18.2 Å². The van der Waals surface area contributed by atoms with Crippen molar-refractivity contribution in [2.24, 2.45) is 0 Å². The number of aliphatic hydroxyl groups excluding tert-OH is 1. The van der Waals surface area contributed by atoms with E-state index in [-0.39, 0.29) is 6.07 Å². The van der Waals surface area contributed by atoms with Crippen molar-refractivity contribution in [1.82, 2.24) is 5.32 Å². The van der Waals surface area contributed by atoms with E-state index in [9.17, 15) is 35.5 Å². The standard InChI is InChI=1S/C11H8F7NO2/c12-7-2-1-5(3-6(7)10(13,14)15)9(21)19-4-8(20)11(16,17)18/h1-3,8,20H,4H2,(H,19,21). The Morgan fingerprint density at radius 2 is 1.76 bits per heavy atom. The van der Waals surface area contributed by atoms with Crippen LogP contribution in [0.4, 0.5) is 30.7 Å². The first-order valence-electron chi connectivity index (χ1n) is 5.32. The lowest BCUT2D eigenvalue weighted by molar-refractivity contribution is -0.201. The molecule has 21 heavy (non-hydrogen) atoms. The molecule has 0 heterocycles. The van der Waals surface area contributed by atoms with Gasteiger partial charge in [-0.2, -0.15) is 26.3 Å². The number of nitrogens with one attached hydrogen (secondary N) is 1. The number of amides is 1. The highest BCUT2D eigenvalue weighted by atomic mass is 19.4. The lowest BCUT2D eigenvalue weighted by Crippen LogP contribution is -2.40. The van der Waals surface area contributed by atoms with E-state index in [0.717, 1.165) is 0 Å². The molecule has 1 aromatic carbocycles. The lowest BCUT2D eigenvalue weighted by atomic mass is 10.1. The van der Waals surface area contributed by atoms with Crippen molar-refractivity contribution >= 4 is 5.91 Å². The number of hydrogen-bond donors (Lipinski definition) is 2. The fraction of sp³-hybridized carbons (Fsp3) is 0.364. The zero-order valence-corrected chi connectivity index (χ0v) is 10.0. The molecule has 2 N–H and O–H groups in total. The number of carbonyl (C=O) groups excluding carboxylic acids is 1. The van der Waals surface area contributed by atoms with Gasteiger partial charge in [0.2, 0.25) is 0 Å². The van der Waals surface area contributed by atoms with Gasteiger partial charge in [-0.3, -0.25) is 4.79 Å². The molecule has 0 aliphatic heterocycles. The monoisotopic (exact) mass is 319 g/mol. The minimum Gasteiger partial charge on any atom is -0.382 e. The number of carbonyl (C=O) groups is 1. The normalized spacial score (nSPS) is 13.9. The third kappa shape index (κ3) is 4.59. The van der Waals surface area contributed by atoms with Crippen LogP contribution in [0.15, 0.2) is 18.2 Å². The predicted octanol–water partition coefficient (Wildman–Crippen LogP) is 2.50. The Kier molecular flexibility index (Phi) is 4.82. The van der Waals surface area contributed by atoms with Crippen LogP contribution in [0.3, 0.4) is 0 Å². The minimum absolute atomic E-state index is 0.171. The van der Waals surface area contributed by atoms with E-state index in [1.807, 2.05) is 0 Å². The zero-order chi connectivity index (χ0) is 16.4. The topological polar surface area (TPSA) is 49.3 Å². The van der Waals surface area contributed by atoms with Gasteiger partial charge in [-0.15, -0.1) is 0 Å². The number of aliphatic hydroxyl groups is 1. The highest BCUT2D eigenvalue weighted by Crippen LogP contribution is 2.31. The van der Waals surface area contributed by atoms with Crippen LogP contribution in [0, 0.1) is 5.82 Å². The van der Waals surface area contributed by atoms with E-state index in [0.29, 0.717) is 12.1 Å². The maximum absolute atomic E-state index is 13.0. The molecule has 10 heteroatoms. The molecule has 1 rings (SSSR count). The van der Waals surface area contributed by atoms with Gasteiger partial charge in [-0.25, -0.2) is 4.39 Å². The van der Waals surface area contributed by atoms with Crippen LogP contribution >= 0.6 is 0 Å². The fourth-order valence-electron chi connectivity index (χ4n) is 1.29. The summed E-state index contributed by atoms with van der Waals surface area (Å²) in [5.41, 5.74) is -2.40. The van der Waals surface area contributed by atoms with Gasteiger partial charge in [0.1, 0.15) is 5.82 Å². The van der Waals surface area contributed by atoms with E-state index in [2.05, 4.69) is 0 Å². The molecule has 0 saturated heterocycles. The predicted molar refractivity (Wildman–Crippen MR) is 55.8 cm³/mol. The van der Waals surface area contributed by atoms with Gasteiger partial charge in [0.25, 0.3) is 5.91 Å². The van der Waals surface area contributed by atoms with Crippen molar-refractivity contribution < 1.29 is 40.6 Å². The molecule has 3 nitrogen and oxygen atoms in total. The van der Waals surface area contributed by atoms with Crippen molar-refractivity contribution in [3.63, 3.8) is 0 Å². The summed E-state index contributed by atoms with van der Waals surface area (Å²) in [5, 5.41) is 10.2. The molecule has 1 unspecified atom stereocenters. The number of rotatable bonds is 3. The van der Waals surface area contributed by atoms with E-state index in [1.54, 1.807) is 5.32 Å². The Labute approximate surface area is 113 Å². The van der Waals surface area contributed by atoms with Crippen LogP contribution in [-0.2, 0) is 6.18 Å². The summed E-state index contributed by atoms with van der Waals surface area (Å²) < 4.78 is 86.1. The molecular weight excluding hydrogens is 311 g/mol. The first-order valence-corrected chi connectivity index (χ1v) is 5.32. The van der Waals surface area contributed by atoms with Gasteiger partial charge >= 0.3 is 12.4 Å². The van der Waals surface area contributed by atoms with Gasteiger partial charge in [0.05, 0.1) is 12.1 Å². The first kappa shape index (κ1) is 17.2. The molecule has 0 spiro atoms. The molecule has 0 aromatic heterocycles. The smallest absolute Gasteiger partial charge is 0.382 e. The largest absolute Gasteiger partial charge is 0.419 e. The summed E-state index contributed by atoms with van der Waals surface area (Å²) >= 11 is 0. The van der Waals surface area contributed by atoms with E-state index in [4.69, 9.17) is 5.11 Å². The summed E-state index contributed by atoms with van der Waals surface area (Å²) in [7, 11) is 0. The van der Waals surface area contributed by atoms with Crippen molar-refractivity contribution in [3.05, 3.63) is 35.1 Å². The van der Waals surface area contributed by atoms with Gasteiger partial charge in [0, 0.05) is 5.56 Å². The second-order valence-corrected chi connectivity index (χ2v) is 3.96. The number of alkyl halides is 6. The molecule has 1 amide bonds. The molecule has 0 saturated carbocycles. The van der Waals surface area contributed by atoms with Crippen LogP contribution in [0.1, 0.15) is 15.9 Å². The third-order valence-corrected chi connectivity index (χ3v) is 2.37. The van der Waals surface area contributed by atoms with Gasteiger partial charge in [0.15, 0.2) is 6.10 Å². The Morgan fingerprint density at radius 1 is 1.19 bits per heavy atom. The van der Waals surface area contributed by atoms with Crippen LogP contribution < -0.4 is 5.32 Å². The second-order valence-electron chi connectivity index (χ2n) is 3.96. The van der Waals surface area contributed by atoms with Crippen molar-refractivity contribution in [2.45, 2.75) is 18.5 Å². The average Bonchev–Trinajstić information content (AvgIpc) is 2.33. The molecule has 0 aliphatic rings. The molecular formula is C11H8F7NO2. The molecule has 118 valence electrons. The minimum atomic E-state index is -5.05. The molecule has 0 aliphatic carbocycles. The maximum Gasteiger partial charge on any atom is 0.419 e. The molecule has 0 fully saturated rings. The van der Waals surface area contributed by atoms with Crippen molar-refractivity contribution in [1.29, 1.82) is 0 Å². The van der Waals surface area contributed by atoms with E-state index < -0.39 is 47.9 Å². The molecule has 0 bridgehead atoms. The highest BCUT2D eigenvalue weighted by Gasteiger charge is 2.38. The van der Waals surface area contributed by atoms with Crippen LogP contribution in [-0.4, -0.2) is 29.8 Å². The Bertz CT molecular complexity index is 524. The SMILES string of the molecule is O=C(NCC(O)C(F)(F)F)c1ccc(F)c(C(F)(F)F)c1. The van der Waals surface area contributed by atoms with Crippen molar-refractivity contribution in [3.8, 4) is 0 Å². The van der Waals surface area contributed by atoms with Crippen molar-refractivity contribution in [2.75, 3.05) is 6.54 Å². The molecule has 1 aromatic rings. The Balaban J connectivity index is 2.85. The highest BCUT2D eigenvalue weighted by molar-refractivity contribution is 5.94. The van der Waals surface area contributed by atoms with Gasteiger partial charge < -0.3 is 10.4 Å². The zero-order valence-electron chi connectivity index (χ0n) is 10.0. The summed E-state index contributed by atoms with van der Waals surface area (Å²) in [4.78, 5) is 11.4. The second kappa shape index (κ2) is 5.88. The summed E-state index contributed by atoms with van der Waals surface area (Å²) in [6.07, 6.45) is -12.9. The van der Waals surface area contributed by atoms with E-state index >= 15 is 0 Å². The van der Waals surface area contributed by atoms with Crippen LogP contribution in [0.2, 0.25) is 0 Å². The quantitative estimate of drug-likeness (QED) is 0.841. The Hall–Kier alpha value is -1.84. The number of benzene rings is 1. The summed E-state index contributed by atoms with van der Waals surface area (Å²) in [6, 6.07) is 1.22.